The Morgan fingerprint density at radius 1 is 0.833 bits per heavy atom. The predicted molar refractivity (Wildman–Crippen MR) is 75.5 cm³/mol. The lowest BCUT2D eigenvalue weighted by atomic mass is 10.1. The molecule has 0 bridgehead atoms. The standard InChI is InChI=1S/C16H20O2/c1-3-5-10-18-16-9-7-13-6-8-15(17-4-2)11-14(13)12-16/h6-9,11-12H,3-5,10H2,1-2H3. The molecule has 0 atom stereocenters. The molecule has 0 radical (unpaired) electrons. The van der Waals surface area contributed by atoms with Gasteiger partial charge in [-0.2, -0.15) is 0 Å². The van der Waals surface area contributed by atoms with Gasteiger partial charge in [0.1, 0.15) is 11.5 Å². The molecule has 0 aromatic heterocycles. The van der Waals surface area contributed by atoms with Crippen LogP contribution in [0.15, 0.2) is 36.4 Å². The number of fused-ring (bicyclic) bond motifs is 1. The maximum atomic E-state index is 5.71. The Kier molecular flexibility index (Phi) is 4.46. The van der Waals surface area contributed by atoms with Crippen LogP contribution in [0.2, 0.25) is 0 Å². The lowest BCUT2D eigenvalue weighted by molar-refractivity contribution is 0.310. The summed E-state index contributed by atoms with van der Waals surface area (Å²) in [4.78, 5) is 0. The molecule has 0 aliphatic rings. The van der Waals surface area contributed by atoms with Crippen LogP contribution >= 0.6 is 0 Å². The molecule has 0 saturated heterocycles. The van der Waals surface area contributed by atoms with Crippen molar-refractivity contribution in [2.24, 2.45) is 0 Å². The Morgan fingerprint density at radius 3 is 2.11 bits per heavy atom. The van der Waals surface area contributed by atoms with Gasteiger partial charge >= 0.3 is 0 Å². The van der Waals surface area contributed by atoms with Gasteiger partial charge in [-0.1, -0.05) is 25.5 Å². The normalized spacial score (nSPS) is 10.6. The summed E-state index contributed by atoms with van der Waals surface area (Å²) in [5.41, 5.74) is 0. The van der Waals surface area contributed by atoms with Crippen LogP contribution < -0.4 is 9.47 Å². The quantitative estimate of drug-likeness (QED) is 0.700. The summed E-state index contributed by atoms with van der Waals surface area (Å²) in [6.45, 7) is 5.64. The molecule has 0 unspecified atom stereocenters. The van der Waals surface area contributed by atoms with E-state index in [9.17, 15) is 0 Å². The highest BCUT2D eigenvalue weighted by Gasteiger charge is 2.00. The van der Waals surface area contributed by atoms with Crippen molar-refractivity contribution in [3.05, 3.63) is 36.4 Å². The molecule has 2 rings (SSSR count). The summed E-state index contributed by atoms with van der Waals surface area (Å²) < 4.78 is 11.2. The lowest BCUT2D eigenvalue weighted by Crippen LogP contribution is -1.96. The van der Waals surface area contributed by atoms with E-state index in [-0.39, 0.29) is 0 Å². The Bertz CT molecular complexity index is 505. The van der Waals surface area contributed by atoms with Crippen LogP contribution in [0.25, 0.3) is 10.8 Å². The van der Waals surface area contributed by atoms with Gasteiger partial charge in [0.2, 0.25) is 0 Å². The third-order valence-corrected chi connectivity index (χ3v) is 2.86. The monoisotopic (exact) mass is 244 g/mol. The van der Waals surface area contributed by atoms with Crippen molar-refractivity contribution in [3.63, 3.8) is 0 Å². The Morgan fingerprint density at radius 2 is 1.50 bits per heavy atom. The molecule has 0 saturated carbocycles. The first-order valence-corrected chi connectivity index (χ1v) is 6.63. The first kappa shape index (κ1) is 12.7. The van der Waals surface area contributed by atoms with Crippen LogP contribution in [0.3, 0.4) is 0 Å². The van der Waals surface area contributed by atoms with Gasteiger partial charge in [-0.3, -0.25) is 0 Å². The number of hydrogen-bond acceptors (Lipinski definition) is 2. The van der Waals surface area contributed by atoms with Crippen molar-refractivity contribution in [1.82, 2.24) is 0 Å². The second-order valence-corrected chi connectivity index (χ2v) is 4.31. The van der Waals surface area contributed by atoms with Crippen molar-refractivity contribution in [2.45, 2.75) is 26.7 Å². The molecular formula is C16H20O2. The molecule has 0 spiro atoms. The van der Waals surface area contributed by atoms with Gasteiger partial charge in [0.05, 0.1) is 13.2 Å². The van der Waals surface area contributed by atoms with Crippen LogP contribution in [0.4, 0.5) is 0 Å². The molecule has 2 aromatic carbocycles. The average Bonchev–Trinajstić information content (AvgIpc) is 2.39. The number of unbranched alkanes of at least 4 members (excludes halogenated alkanes) is 1. The second kappa shape index (κ2) is 6.29. The van der Waals surface area contributed by atoms with E-state index < -0.39 is 0 Å². The van der Waals surface area contributed by atoms with Crippen LogP contribution in [-0.2, 0) is 0 Å². The maximum Gasteiger partial charge on any atom is 0.119 e. The van der Waals surface area contributed by atoms with Gasteiger partial charge in [-0.25, -0.2) is 0 Å². The molecule has 0 amide bonds. The number of rotatable bonds is 6. The fraction of sp³-hybridized carbons (Fsp3) is 0.375. The summed E-state index contributed by atoms with van der Waals surface area (Å²) in [5, 5.41) is 2.37. The van der Waals surface area contributed by atoms with Crippen molar-refractivity contribution in [3.8, 4) is 11.5 Å². The first-order valence-electron chi connectivity index (χ1n) is 6.63. The molecular weight excluding hydrogens is 224 g/mol. The molecule has 0 N–H and O–H groups in total. The van der Waals surface area contributed by atoms with Crippen molar-refractivity contribution in [1.29, 1.82) is 0 Å². The van der Waals surface area contributed by atoms with Crippen LogP contribution in [0.5, 0.6) is 11.5 Å². The summed E-state index contributed by atoms with van der Waals surface area (Å²) in [7, 11) is 0. The Labute approximate surface area is 109 Å². The number of benzene rings is 2. The minimum atomic E-state index is 0.693. The summed E-state index contributed by atoms with van der Waals surface area (Å²) in [6, 6.07) is 12.3. The highest BCUT2D eigenvalue weighted by Crippen LogP contribution is 2.25. The third kappa shape index (κ3) is 3.16. The second-order valence-electron chi connectivity index (χ2n) is 4.31. The van der Waals surface area contributed by atoms with E-state index in [2.05, 4.69) is 31.2 Å². The smallest absolute Gasteiger partial charge is 0.119 e. The SMILES string of the molecule is CCCCOc1ccc2ccc(OCC)cc2c1. The van der Waals surface area contributed by atoms with E-state index in [4.69, 9.17) is 9.47 Å². The minimum Gasteiger partial charge on any atom is -0.494 e. The number of hydrogen-bond donors (Lipinski definition) is 0. The number of ether oxygens (including phenoxy) is 2. The molecule has 2 nitrogen and oxygen atoms in total. The van der Waals surface area contributed by atoms with E-state index in [1.165, 1.54) is 5.39 Å². The summed E-state index contributed by atoms with van der Waals surface area (Å²) >= 11 is 0. The molecule has 2 aromatic rings. The van der Waals surface area contributed by atoms with E-state index in [0.29, 0.717) is 6.61 Å². The van der Waals surface area contributed by atoms with E-state index in [0.717, 1.165) is 36.3 Å². The highest BCUT2D eigenvalue weighted by molar-refractivity contribution is 5.85. The summed E-state index contributed by atoms with van der Waals surface area (Å²) in [5.74, 6) is 1.85. The average molecular weight is 244 g/mol. The molecule has 18 heavy (non-hydrogen) atoms. The van der Waals surface area contributed by atoms with Gasteiger partial charge in [-0.05, 0) is 48.4 Å². The van der Waals surface area contributed by atoms with Crippen LogP contribution in [0.1, 0.15) is 26.7 Å². The molecule has 0 aliphatic heterocycles. The Balaban J connectivity index is 2.19. The zero-order chi connectivity index (χ0) is 12.8. The maximum absolute atomic E-state index is 5.71. The van der Waals surface area contributed by atoms with E-state index in [1.54, 1.807) is 0 Å². The van der Waals surface area contributed by atoms with Gasteiger partial charge in [0.25, 0.3) is 0 Å². The van der Waals surface area contributed by atoms with Gasteiger partial charge < -0.3 is 9.47 Å². The van der Waals surface area contributed by atoms with Crippen LogP contribution in [-0.4, -0.2) is 13.2 Å². The zero-order valence-corrected chi connectivity index (χ0v) is 11.1. The lowest BCUT2D eigenvalue weighted by Gasteiger charge is -2.08. The molecule has 96 valence electrons. The highest BCUT2D eigenvalue weighted by atomic mass is 16.5. The van der Waals surface area contributed by atoms with Crippen molar-refractivity contribution >= 4 is 10.8 Å². The van der Waals surface area contributed by atoms with Gasteiger partial charge in [0, 0.05) is 0 Å². The van der Waals surface area contributed by atoms with Gasteiger partial charge in [-0.15, -0.1) is 0 Å². The Hall–Kier alpha value is -1.70. The molecule has 0 aliphatic carbocycles. The van der Waals surface area contributed by atoms with E-state index >= 15 is 0 Å². The van der Waals surface area contributed by atoms with Gasteiger partial charge in [0.15, 0.2) is 0 Å². The fourth-order valence-corrected chi connectivity index (χ4v) is 1.88. The van der Waals surface area contributed by atoms with Crippen LogP contribution in [0, 0.1) is 0 Å². The van der Waals surface area contributed by atoms with E-state index in [1.807, 2.05) is 19.1 Å². The third-order valence-electron chi connectivity index (χ3n) is 2.86. The van der Waals surface area contributed by atoms with Crippen molar-refractivity contribution in [2.75, 3.05) is 13.2 Å². The molecule has 2 heteroatoms. The fourth-order valence-electron chi connectivity index (χ4n) is 1.88. The first-order chi connectivity index (χ1) is 8.83. The predicted octanol–water partition coefficient (Wildman–Crippen LogP) is 4.42. The van der Waals surface area contributed by atoms with Crippen molar-refractivity contribution < 1.29 is 9.47 Å². The molecule has 0 fully saturated rings. The minimum absolute atomic E-state index is 0.693. The topological polar surface area (TPSA) is 18.5 Å². The largest absolute Gasteiger partial charge is 0.494 e. The zero-order valence-electron chi connectivity index (χ0n) is 11.1. The molecule has 0 heterocycles. The summed E-state index contributed by atoms with van der Waals surface area (Å²) in [6.07, 6.45) is 2.25.